The van der Waals surface area contributed by atoms with Crippen molar-refractivity contribution in [2.75, 3.05) is 37.3 Å². The molecule has 0 aromatic heterocycles. The number of hydrogen-bond donors (Lipinski definition) is 3. The normalized spacial score (nSPS) is 10.9. The molecule has 21 heavy (non-hydrogen) atoms. The Hall–Kier alpha value is -1.01. The highest BCUT2D eigenvalue weighted by molar-refractivity contribution is 6.40. The molecular weight excluding hydrogens is 313 g/mol. The standard InChI is InChI=1S/C14H21Cl2N3O2/c1-2-3-4-19(5-6-20)9-13(21)18-14-11(15)7-10(17)8-12(14)16/h7-8,20H,2-6,9,17H2,1H3,(H,18,21). The van der Waals surface area contributed by atoms with Crippen LogP contribution in [0.4, 0.5) is 11.4 Å². The van der Waals surface area contributed by atoms with Crippen LogP contribution in [0, 0.1) is 0 Å². The minimum absolute atomic E-state index is 0.0143. The molecule has 0 fully saturated rings. The molecule has 0 aliphatic carbocycles. The van der Waals surface area contributed by atoms with Crippen molar-refractivity contribution < 1.29 is 9.90 Å². The van der Waals surface area contributed by atoms with Gasteiger partial charge in [-0.15, -0.1) is 0 Å². The number of unbranched alkanes of at least 4 members (excludes halogenated alkanes) is 1. The second-order valence-electron chi connectivity index (χ2n) is 4.76. The summed E-state index contributed by atoms with van der Waals surface area (Å²) in [4.78, 5) is 14.0. The second-order valence-corrected chi connectivity index (χ2v) is 5.58. The maximum atomic E-state index is 12.1. The Morgan fingerprint density at radius 3 is 2.48 bits per heavy atom. The summed E-state index contributed by atoms with van der Waals surface area (Å²) < 4.78 is 0. The molecule has 0 atom stereocenters. The molecule has 118 valence electrons. The Balaban J connectivity index is 2.67. The summed E-state index contributed by atoms with van der Waals surface area (Å²) in [6, 6.07) is 3.07. The van der Waals surface area contributed by atoms with Gasteiger partial charge in [-0.1, -0.05) is 36.5 Å². The molecule has 1 amide bonds. The first-order valence-electron chi connectivity index (χ1n) is 6.85. The number of nitrogens with zero attached hydrogens (tertiary/aromatic N) is 1. The van der Waals surface area contributed by atoms with E-state index in [4.69, 9.17) is 34.0 Å². The monoisotopic (exact) mass is 333 g/mol. The van der Waals surface area contributed by atoms with Gasteiger partial charge in [-0.2, -0.15) is 0 Å². The van der Waals surface area contributed by atoms with Gasteiger partial charge in [0.25, 0.3) is 0 Å². The number of rotatable bonds is 8. The first-order chi connectivity index (χ1) is 9.97. The first kappa shape index (κ1) is 18.0. The number of anilines is 2. The van der Waals surface area contributed by atoms with E-state index in [1.54, 1.807) is 0 Å². The van der Waals surface area contributed by atoms with Gasteiger partial charge in [-0.05, 0) is 25.1 Å². The molecule has 1 rings (SSSR count). The number of nitrogens with one attached hydrogen (secondary N) is 1. The van der Waals surface area contributed by atoms with Gasteiger partial charge in [0.05, 0.1) is 28.9 Å². The Bertz CT molecular complexity index is 460. The van der Waals surface area contributed by atoms with Crippen LogP contribution in [0.1, 0.15) is 19.8 Å². The Kier molecular flexibility index (Phi) is 7.82. The molecule has 0 saturated heterocycles. The van der Waals surface area contributed by atoms with Crippen LogP contribution in [-0.4, -0.2) is 42.2 Å². The zero-order valence-electron chi connectivity index (χ0n) is 12.0. The van der Waals surface area contributed by atoms with Gasteiger partial charge in [-0.3, -0.25) is 9.69 Å². The van der Waals surface area contributed by atoms with Gasteiger partial charge in [0.15, 0.2) is 0 Å². The number of aliphatic hydroxyl groups is 1. The molecular formula is C14H21Cl2N3O2. The minimum atomic E-state index is -0.229. The molecule has 0 heterocycles. The van der Waals surface area contributed by atoms with E-state index >= 15 is 0 Å². The Morgan fingerprint density at radius 2 is 1.95 bits per heavy atom. The summed E-state index contributed by atoms with van der Waals surface area (Å²) in [5, 5.41) is 12.3. The van der Waals surface area contributed by atoms with Crippen LogP contribution in [0.3, 0.4) is 0 Å². The average Bonchev–Trinajstić information content (AvgIpc) is 2.40. The number of amides is 1. The number of nitrogens with two attached hydrogens (primary N) is 1. The Labute approximate surface area is 135 Å². The van der Waals surface area contributed by atoms with Crippen molar-refractivity contribution in [3.8, 4) is 0 Å². The zero-order chi connectivity index (χ0) is 15.8. The summed E-state index contributed by atoms with van der Waals surface area (Å²) >= 11 is 12.1. The third-order valence-electron chi connectivity index (χ3n) is 2.94. The molecule has 0 aliphatic rings. The topological polar surface area (TPSA) is 78.6 Å². The summed E-state index contributed by atoms with van der Waals surface area (Å²) in [5.74, 6) is -0.229. The molecule has 5 nitrogen and oxygen atoms in total. The minimum Gasteiger partial charge on any atom is -0.399 e. The van der Waals surface area contributed by atoms with E-state index in [0.717, 1.165) is 19.4 Å². The molecule has 0 aliphatic heterocycles. The molecule has 0 saturated carbocycles. The predicted octanol–water partition coefficient (Wildman–Crippen LogP) is 2.61. The van der Waals surface area contributed by atoms with E-state index in [1.165, 1.54) is 12.1 Å². The molecule has 0 radical (unpaired) electrons. The van der Waals surface area contributed by atoms with Crippen LogP contribution in [0.2, 0.25) is 10.0 Å². The van der Waals surface area contributed by atoms with E-state index in [-0.39, 0.29) is 19.1 Å². The van der Waals surface area contributed by atoms with Gasteiger partial charge < -0.3 is 16.2 Å². The fourth-order valence-electron chi connectivity index (χ4n) is 1.89. The van der Waals surface area contributed by atoms with E-state index in [1.807, 2.05) is 4.90 Å². The average molecular weight is 334 g/mol. The molecule has 1 aromatic carbocycles. The summed E-state index contributed by atoms with van der Waals surface area (Å²) in [7, 11) is 0. The largest absolute Gasteiger partial charge is 0.399 e. The highest BCUT2D eigenvalue weighted by Crippen LogP contribution is 2.32. The number of carbonyl (C=O) groups is 1. The van der Waals surface area contributed by atoms with E-state index in [2.05, 4.69) is 12.2 Å². The molecule has 1 aromatic rings. The quantitative estimate of drug-likeness (QED) is 0.639. The van der Waals surface area contributed by atoms with Gasteiger partial charge >= 0.3 is 0 Å². The fraction of sp³-hybridized carbons (Fsp3) is 0.500. The van der Waals surface area contributed by atoms with E-state index < -0.39 is 0 Å². The molecule has 0 unspecified atom stereocenters. The van der Waals surface area contributed by atoms with Crippen molar-refractivity contribution in [3.63, 3.8) is 0 Å². The summed E-state index contributed by atoms with van der Waals surface area (Å²) in [6.07, 6.45) is 2.00. The maximum absolute atomic E-state index is 12.1. The van der Waals surface area contributed by atoms with Gasteiger partial charge in [0, 0.05) is 12.2 Å². The van der Waals surface area contributed by atoms with Crippen molar-refractivity contribution in [2.24, 2.45) is 0 Å². The molecule has 4 N–H and O–H groups in total. The molecule has 0 bridgehead atoms. The van der Waals surface area contributed by atoms with Crippen LogP contribution in [0.5, 0.6) is 0 Å². The lowest BCUT2D eigenvalue weighted by atomic mass is 10.2. The van der Waals surface area contributed by atoms with Crippen molar-refractivity contribution in [3.05, 3.63) is 22.2 Å². The Morgan fingerprint density at radius 1 is 1.33 bits per heavy atom. The lowest BCUT2D eigenvalue weighted by Crippen LogP contribution is -2.36. The molecule has 7 heteroatoms. The third kappa shape index (κ3) is 6.09. The van der Waals surface area contributed by atoms with Crippen LogP contribution in [0.15, 0.2) is 12.1 Å². The van der Waals surface area contributed by atoms with Crippen LogP contribution >= 0.6 is 23.2 Å². The lowest BCUT2D eigenvalue weighted by molar-refractivity contribution is -0.117. The number of benzene rings is 1. The van der Waals surface area contributed by atoms with Crippen molar-refractivity contribution in [1.29, 1.82) is 0 Å². The van der Waals surface area contributed by atoms with Crippen molar-refractivity contribution in [2.45, 2.75) is 19.8 Å². The zero-order valence-corrected chi connectivity index (χ0v) is 13.5. The third-order valence-corrected chi connectivity index (χ3v) is 3.54. The smallest absolute Gasteiger partial charge is 0.238 e. The van der Waals surface area contributed by atoms with Crippen molar-refractivity contribution >= 4 is 40.5 Å². The van der Waals surface area contributed by atoms with Crippen LogP contribution in [0.25, 0.3) is 0 Å². The SMILES string of the molecule is CCCCN(CCO)CC(=O)Nc1c(Cl)cc(N)cc1Cl. The van der Waals surface area contributed by atoms with Gasteiger partial charge in [0.2, 0.25) is 5.91 Å². The lowest BCUT2D eigenvalue weighted by Gasteiger charge is -2.20. The predicted molar refractivity (Wildman–Crippen MR) is 87.9 cm³/mol. The number of nitrogen functional groups attached to an aromatic ring is 1. The fourth-order valence-corrected chi connectivity index (χ4v) is 2.49. The molecule has 0 spiro atoms. The van der Waals surface area contributed by atoms with Gasteiger partial charge in [-0.25, -0.2) is 0 Å². The number of hydrogen-bond acceptors (Lipinski definition) is 4. The van der Waals surface area contributed by atoms with Crippen LogP contribution in [-0.2, 0) is 4.79 Å². The maximum Gasteiger partial charge on any atom is 0.238 e. The van der Waals surface area contributed by atoms with Crippen LogP contribution < -0.4 is 11.1 Å². The van der Waals surface area contributed by atoms with E-state index in [9.17, 15) is 4.79 Å². The summed E-state index contributed by atoms with van der Waals surface area (Å²) in [5.41, 5.74) is 6.41. The number of aliphatic hydroxyl groups excluding tert-OH is 1. The second kappa shape index (κ2) is 9.10. The van der Waals surface area contributed by atoms with Gasteiger partial charge in [0.1, 0.15) is 0 Å². The van der Waals surface area contributed by atoms with E-state index in [0.29, 0.717) is 28.0 Å². The first-order valence-corrected chi connectivity index (χ1v) is 7.61. The van der Waals surface area contributed by atoms with Crippen molar-refractivity contribution in [1.82, 2.24) is 4.90 Å². The number of halogens is 2. The summed E-state index contributed by atoms with van der Waals surface area (Å²) in [6.45, 7) is 3.48. The highest BCUT2D eigenvalue weighted by Gasteiger charge is 2.14. The highest BCUT2D eigenvalue weighted by atomic mass is 35.5. The number of carbonyl (C=O) groups excluding carboxylic acids is 1.